The number of nitrogens with zero attached hydrogens (tertiary/aromatic N) is 4. The van der Waals surface area contributed by atoms with Crippen LogP contribution in [-0.4, -0.2) is 50.1 Å². The van der Waals surface area contributed by atoms with Gasteiger partial charge in [0.05, 0.1) is 29.7 Å². The van der Waals surface area contributed by atoms with Gasteiger partial charge in [0, 0.05) is 13.1 Å². The average Bonchev–Trinajstić information content (AvgIpc) is 3.19. The average molecular weight is 332 g/mol. The molecule has 1 aromatic carbocycles. The Bertz CT molecular complexity index is 599. The maximum absolute atomic E-state index is 12.6. The number of β-amino-alcohol motifs (C(OH)–C–C–N with tert-alkyl or cyclic N) is 1. The molecule has 1 aromatic heterocycles. The van der Waals surface area contributed by atoms with Gasteiger partial charge in [-0.05, 0) is 25.0 Å². The Kier molecular flexibility index (Phi) is 8.71. The van der Waals surface area contributed by atoms with Crippen molar-refractivity contribution in [2.75, 3.05) is 13.1 Å². The van der Waals surface area contributed by atoms with E-state index in [2.05, 4.69) is 10.2 Å². The molecule has 0 bridgehead atoms. The zero-order valence-electron chi connectivity index (χ0n) is 15.0. The quantitative estimate of drug-likeness (QED) is 0.918. The molecule has 1 atom stereocenters. The summed E-state index contributed by atoms with van der Waals surface area (Å²) in [4.78, 5) is 15.7. The number of likely N-dealkylation sites (tertiary alicyclic amines) is 1. The molecule has 1 saturated heterocycles. The smallest absolute Gasteiger partial charge is 0.256 e. The van der Waals surface area contributed by atoms with E-state index in [1.54, 1.807) is 23.4 Å². The third-order valence-electron chi connectivity index (χ3n) is 3.45. The van der Waals surface area contributed by atoms with Crippen molar-refractivity contribution in [1.82, 2.24) is 19.9 Å². The number of carbonyl (C=O) groups excluding carboxylic acids is 1. The monoisotopic (exact) mass is 332 g/mol. The Balaban J connectivity index is 0.000000671. The van der Waals surface area contributed by atoms with E-state index in [0.29, 0.717) is 24.3 Å². The van der Waals surface area contributed by atoms with Crippen molar-refractivity contribution in [3.63, 3.8) is 0 Å². The van der Waals surface area contributed by atoms with Gasteiger partial charge in [-0.2, -0.15) is 15.0 Å². The number of hydrogen-bond donors (Lipinski definition) is 1. The highest BCUT2D eigenvalue weighted by Crippen LogP contribution is 2.18. The third kappa shape index (κ3) is 4.89. The first-order chi connectivity index (χ1) is 11.8. The van der Waals surface area contributed by atoms with E-state index in [1.165, 1.54) is 4.80 Å². The molecule has 0 radical (unpaired) electrons. The molecule has 1 fully saturated rings. The molecule has 0 aliphatic carbocycles. The van der Waals surface area contributed by atoms with E-state index in [4.69, 9.17) is 0 Å². The van der Waals surface area contributed by atoms with Crippen molar-refractivity contribution in [3.05, 3.63) is 42.2 Å². The van der Waals surface area contributed by atoms with Gasteiger partial charge in [0.15, 0.2) is 0 Å². The summed E-state index contributed by atoms with van der Waals surface area (Å²) in [6.07, 6.45) is 4.31. The highest BCUT2D eigenvalue weighted by atomic mass is 16.3. The maximum atomic E-state index is 12.6. The lowest BCUT2D eigenvalue weighted by molar-refractivity contribution is 0.0473. The van der Waals surface area contributed by atoms with Gasteiger partial charge < -0.3 is 10.0 Å². The Hall–Kier alpha value is -2.21. The number of piperidine rings is 1. The first-order valence-electron chi connectivity index (χ1n) is 8.69. The lowest BCUT2D eigenvalue weighted by atomic mass is 10.1. The molecular weight excluding hydrogens is 304 g/mol. The Morgan fingerprint density at radius 3 is 2.38 bits per heavy atom. The standard InChI is InChI=1S/C14H16N4O2.2C2H6/c19-11-4-3-9-17(10-11)14(20)12-5-1-2-6-13(12)18-15-7-8-16-18;2*1-2/h1-2,5-8,11,19H,3-4,9-10H2;2*1-2H3. The van der Waals surface area contributed by atoms with Crippen molar-refractivity contribution < 1.29 is 9.90 Å². The number of para-hydroxylation sites is 1. The molecule has 2 heterocycles. The van der Waals surface area contributed by atoms with Crippen LogP contribution in [0.1, 0.15) is 50.9 Å². The number of hydrogen-bond acceptors (Lipinski definition) is 4. The first-order valence-corrected chi connectivity index (χ1v) is 8.69. The zero-order valence-corrected chi connectivity index (χ0v) is 15.0. The predicted molar refractivity (Wildman–Crippen MR) is 95.2 cm³/mol. The van der Waals surface area contributed by atoms with Gasteiger partial charge in [0.1, 0.15) is 0 Å². The number of amides is 1. The summed E-state index contributed by atoms with van der Waals surface area (Å²) in [7, 11) is 0. The van der Waals surface area contributed by atoms with E-state index in [1.807, 2.05) is 45.9 Å². The van der Waals surface area contributed by atoms with E-state index in [-0.39, 0.29) is 5.91 Å². The minimum atomic E-state index is -0.428. The predicted octanol–water partition coefficient (Wildman–Crippen LogP) is 2.92. The third-order valence-corrected chi connectivity index (χ3v) is 3.45. The van der Waals surface area contributed by atoms with Crippen molar-refractivity contribution in [2.45, 2.75) is 46.6 Å². The zero-order chi connectivity index (χ0) is 17.9. The van der Waals surface area contributed by atoms with Gasteiger partial charge >= 0.3 is 0 Å². The van der Waals surface area contributed by atoms with Crippen molar-refractivity contribution in [2.24, 2.45) is 0 Å². The van der Waals surface area contributed by atoms with Crippen molar-refractivity contribution in [3.8, 4) is 5.69 Å². The number of aliphatic hydroxyl groups excluding tert-OH is 1. The van der Waals surface area contributed by atoms with Crippen molar-refractivity contribution in [1.29, 1.82) is 0 Å². The number of rotatable bonds is 2. The largest absolute Gasteiger partial charge is 0.391 e. The minimum Gasteiger partial charge on any atom is -0.391 e. The van der Waals surface area contributed by atoms with Gasteiger partial charge in [0.25, 0.3) is 5.91 Å². The van der Waals surface area contributed by atoms with Crippen LogP contribution < -0.4 is 0 Å². The van der Waals surface area contributed by atoms with Crippen LogP contribution in [0.5, 0.6) is 0 Å². The second-order valence-electron chi connectivity index (χ2n) is 4.88. The van der Waals surface area contributed by atoms with Crippen LogP contribution in [0.15, 0.2) is 36.7 Å². The van der Waals surface area contributed by atoms with Crippen LogP contribution in [0.2, 0.25) is 0 Å². The lowest BCUT2D eigenvalue weighted by Gasteiger charge is -2.30. The highest BCUT2D eigenvalue weighted by Gasteiger charge is 2.25. The molecule has 1 N–H and O–H groups in total. The molecule has 3 rings (SSSR count). The summed E-state index contributed by atoms with van der Waals surface area (Å²) in [6.45, 7) is 9.07. The molecule has 0 saturated carbocycles. The summed E-state index contributed by atoms with van der Waals surface area (Å²) in [5, 5.41) is 17.9. The topological polar surface area (TPSA) is 71.2 Å². The number of carbonyl (C=O) groups is 1. The molecule has 6 nitrogen and oxygen atoms in total. The van der Waals surface area contributed by atoms with Gasteiger partial charge in [-0.15, -0.1) is 0 Å². The van der Waals surface area contributed by atoms with E-state index < -0.39 is 6.10 Å². The molecule has 132 valence electrons. The van der Waals surface area contributed by atoms with Crippen LogP contribution in [0.4, 0.5) is 0 Å². The molecule has 1 amide bonds. The fourth-order valence-electron chi connectivity index (χ4n) is 2.48. The first kappa shape index (κ1) is 19.8. The molecular formula is C18H28N4O2. The van der Waals surface area contributed by atoms with Crippen LogP contribution >= 0.6 is 0 Å². The van der Waals surface area contributed by atoms with Gasteiger partial charge in [0.2, 0.25) is 0 Å². The summed E-state index contributed by atoms with van der Waals surface area (Å²) >= 11 is 0. The van der Waals surface area contributed by atoms with Crippen LogP contribution in [0.25, 0.3) is 5.69 Å². The van der Waals surface area contributed by atoms with Gasteiger partial charge in [-0.25, -0.2) is 0 Å². The molecule has 6 heteroatoms. The molecule has 2 aromatic rings. The second kappa shape index (κ2) is 10.5. The lowest BCUT2D eigenvalue weighted by Crippen LogP contribution is -2.42. The highest BCUT2D eigenvalue weighted by molar-refractivity contribution is 5.97. The number of benzene rings is 1. The number of aromatic nitrogens is 3. The van der Waals surface area contributed by atoms with Gasteiger partial charge in [-0.1, -0.05) is 39.8 Å². The van der Waals surface area contributed by atoms with Crippen LogP contribution in [-0.2, 0) is 0 Å². The molecule has 1 aliphatic rings. The van der Waals surface area contributed by atoms with Crippen LogP contribution in [0, 0.1) is 0 Å². The second-order valence-corrected chi connectivity index (χ2v) is 4.88. The Morgan fingerprint density at radius 2 is 1.75 bits per heavy atom. The number of aliphatic hydroxyl groups is 1. The normalized spacial score (nSPS) is 16.4. The molecule has 0 spiro atoms. The fraction of sp³-hybridized carbons (Fsp3) is 0.500. The fourth-order valence-corrected chi connectivity index (χ4v) is 2.48. The van der Waals surface area contributed by atoms with Crippen molar-refractivity contribution >= 4 is 5.91 Å². The summed E-state index contributed by atoms with van der Waals surface area (Å²) < 4.78 is 0. The Labute approximate surface area is 144 Å². The SMILES string of the molecule is CC.CC.O=C(c1ccccc1-n1nccn1)N1CCCC(O)C1. The Morgan fingerprint density at radius 1 is 1.12 bits per heavy atom. The molecule has 24 heavy (non-hydrogen) atoms. The summed E-state index contributed by atoms with van der Waals surface area (Å²) in [5.74, 6) is -0.0864. The minimum absolute atomic E-state index is 0.0864. The maximum Gasteiger partial charge on any atom is 0.256 e. The van der Waals surface area contributed by atoms with E-state index in [0.717, 1.165) is 12.8 Å². The van der Waals surface area contributed by atoms with E-state index in [9.17, 15) is 9.90 Å². The van der Waals surface area contributed by atoms with Gasteiger partial charge in [-0.3, -0.25) is 4.79 Å². The molecule has 1 unspecified atom stereocenters. The van der Waals surface area contributed by atoms with E-state index >= 15 is 0 Å². The summed E-state index contributed by atoms with van der Waals surface area (Å²) in [6, 6.07) is 7.25. The molecule has 1 aliphatic heterocycles. The summed E-state index contributed by atoms with van der Waals surface area (Å²) in [5.41, 5.74) is 1.21. The van der Waals surface area contributed by atoms with Crippen LogP contribution in [0.3, 0.4) is 0 Å².